The number of rotatable bonds is 19. The molecule has 0 saturated carbocycles. The molecule has 1 aromatic carbocycles. The molecule has 0 fully saturated rings. The Balaban J connectivity index is 3.09. The number of nitrogens with zero attached hydrogens (tertiary/aromatic N) is 2. The SMILES string of the molecule is CC(=O)NCCCC[C@H](NC(=O)[C@H](CCc1ccccc1)NC(C)=O)C(=O)N[C@@H](CCC(=O)C=[N+]=[N-])C(=O)OC(C)C. The molecule has 0 saturated heterocycles. The number of nitrogens with one attached hydrogen (secondary N) is 4. The number of unbranched alkanes of at least 4 members (excludes halogenated alkanes) is 1. The maximum Gasteiger partial charge on any atom is 0.328 e. The van der Waals surface area contributed by atoms with E-state index in [-0.39, 0.29) is 31.6 Å². The monoisotopic (exact) mass is 586 g/mol. The quantitative estimate of drug-likeness (QED) is 0.0610. The second-order valence-corrected chi connectivity index (χ2v) is 10.1. The van der Waals surface area contributed by atoms with Gasteiger partial charge in [0.2, 0.25) is 29.4 Å². The summed E-state index contributed by atoms with van der Waals surface area (Å²) in [5.41, 5.74) is 9.56. The van der Waals surface area contributed by atoms with Crippen molar-refractivity contribution in [2.75, 3.05) is 6.54 Å². The maximum atomic E-state index is 13.4. The van der Waals surface area contributed by atoms with Crippen LogP contribution in [0.3, 0.4) is 0 Å². The number of carbonyl (C=O) groups is 6. The van der Waals surface area contributed by atoms with E-state index < -0.39 is 53.7 Å². The summed E-state index contributed by atoms with van der Waals surface area (Å²) in [4.78, 5) is 77.0. The van der Waals surface area contributed by atoms with Crippen LogP contribution in [0.5, 0.6) is 0 Å². The van der Waals surface area contributed by atoms with Gasteiger partial charge >= 0.3 is 12.2 Å². The molecule has 0 unspecified atom stereocenters. The van der Waals surface area contributed by atoms with Gasteiger partial charge in [-0.3, -0.25) is 24.0 Å². The Morgan fingerprint density at radius 2 is 1.45 bits per heavy atom. The van der Waals surface area contributed by atoms with E-state index in [0.717, 1.165) is 5.56 Å². The fourth-order valence-corrected chi connectivity index (χ4v) is 4.00. The Bertz CT molecular complexity index is 1120. The van der Waals surface area contributed by atoms with Crippen molar-refractivity contribution in [3.63, 3.8) is 0 Å². The van der Waals surface area contributed by atoms with Crippen LogP contribution in [0.1, 0.15) is 71.8 Å². The topological polar surface area (TPSA) is 196 Å². The van der Waals surface area contributed by atoms with Crippen LogP contribution in [-0.4, -0.2) is 77.2 Å². The molecule has 4 N–H and O–H groups in total. The van der Waals surface area contributed by atoms with Gasteiger partial charge < -0.3 is 31.5 Å². The van der Waals surface area contributed by atoms with Crippen molar-refractivity contribution < 1.29 is 38.3 Å². The summed E-state index contributed by atoms with van der Waals surface area (Å²) in [5, 5.41) is 10.6. The maximum absolute atomic E-state index is 13.4. The first kappa shape index (κ1) is 35.6. The van der Waals surface area contributed by atoms with E-state index >= 15 is 0 Å². The van der Waals surface area contributed by atoms with Crippen LogP contribution in [0.4, 0.5) is 0 Å². The van der Waals surface area contributed by atoms with Crippen molar-refractivity contribution in [1.82, 2.24) is 21.3 Å². The van der Waals surface area contributed by atoms with Crippen molar-refractivity contribution in [1.29, 1.82) is 0 Å². The Labute approximate surface area is 246 Å². The van der Waals surface area contributed by atoms with E-state index in [1.54, 1.807) is 13.8 Å². The van der Waals surface area contributed by atoms with E-state index in [1.165, 1.54) is 13.8 Å². The molecule has 0 aliphatic rings. The molecule has 0 heterocycles. The summed E-state index contributed by atoms with van der Waals surface area (Å²) in [7, 11) is 0. The third kappa shape index (κ3) is 15.4. The highest BCUT2D eigenvalue weighted by Gasteiger charge is 2.30. The van der Waals surface area contributed by atoms with E-state index in [4.69, 9.17) is 10.3 Å². The Hall–Kier alpha value is -4.38. The van der Waals surface area contributed by atoms with Gasteiger partial charge in [0.05, 0.1) is 6.10 Å². The first-order chi connectivity index (χ1) is 19.9. The molecule has 42 heavy (non-hydrogen) atoms. The number of esters is 1. The summed E-state index contributed by atoms with van der Waals surface area (Å²) >= 11 is 0. The van der Waals surface area contributed by atoms with Gasteiger partial charge in [0, 0.05) is 26.8 Å². The first-order valence-corrected chi connectivity index (χ1v) is 14.0. The van der Waals surface area contributed by atoms with Gasteiger partial charge in [-0.2, -0.15) is 4.79 Å². The molecule has 230 valence electrons. The highest BCUT2D eigenvalue weighted by Crippen LogP contribution is 2.09. The van der Waals surface area contributed by atoms with Crippen LogP contribution in [0.2, 0.25) is 0 Å². The third-order valence-electron chi connectivity index (χ3n) is 6.02. The lowest BCUT2D eigenvalue weighted by molar-refractivity contribution is -0.152. The van der Waals surface area contributed by atoms with Crippen molar-refractivity contribution >= 4 is 41.6 Å². The fourth-order valence-electron chi connectivity index (χ4n) is 4.00. The molecule has 0 bridgehead atoms. The van der Waals surface area contributed by atoms with Crippen LogP contribution in [-0.2, 0) is 39.9 Å². The van der Waals surface area contributed by atoms with Gasteiger partial charge in [-0.1, -0.05) is 30.3 Å². The number of aryl methyl sites for hydroxylation is 1. The van der Waals surface area contributed by atoms with Crippen LogP contribution < -0.4 is 21.3 Å². The third-order valence-corrected chi connectivity index (χ3v) is 6.02. The van der Waals surface area contributed by atoms with Gasteiger partial charge in [0.1, 0.15) is 18.1 Å². The van der Waals surface area contributed by atoms with Gasteiger partial charge in [-0.15, -0.1) is 0 Å². The predicted octanol–water partition coefficient (Wildman–Crippen LogP) is 1.00. The molecule has 13 heteroatoms. The second kappa shape index (κ2) is 19.7. The lowest BCUT2D eigenvalue weighted by Crippen LogP contribution is -2.56. The molecule has 0 aromatic heterocycles. The fraction of sp³-hybridized carbons (Fsp3) is 0.552. The van der Waals surface area contributed by atoms with Crippen LogP contribution >= 0.6 is 0 Å². The summed E-state index contributed by atoms with van der Waals surface area (Å²) in [5.74, 6) is -3.18. The van der Waals surface area contributed by atoms with Crippen molar-refractivity contribution in [3.05, 3.63) is 41.4 Å². The molecule has 0 spiro atoms. The zero-order valence-electron chi connectivity index (χ0n) is 24.7. The highest BCUT2D eigenvalue weighted by atomic mass is 16.5. The molecule has 3 atom stereocenters. The van der Waals surface area contributed by atoms with Crippen LogP contribution in [0, 0.1) is 0 Å². The number of hydrogen-bond donors (Lipinski definition) is 4. The molecule has 1 rings (SSSR count). The molecule has 0 radical (unpaired) electrons. The number of Topliss-reactive ketones (excluding diaryl/α,β-unsaturated/α-hetero) is 1. The first-order valence-electron chi connectivity index (χ1n) is 14.0. The zero-order valence-corrected chi connectivity index (χ0v) is 24.7. The second-order valence-electron chi connectivity index (χ2n) is 10.1. The minimum atomic E-state index is -1.21. The van der Waals surface area contributed by atoms with Crippen LogP contribution in [0.15, 0.2) is 30.3 Å². The smallest absolute Gasteiger partial charge is 0.328 e. The van der Waals surface area contributed by atoms with Crippen molar-refractivity contribution in [3.8, 4) is 0 Å². The summed E-state index contributed by atoms with van der Waals surface area (Å²) in [6, 6.07) is 6.20. The lowest BCUT2D eigenvalue weighted by atomic mass is 10.0. The summed E-state index contributed by atoms with van der Waals surface area (Å²) in [6.45, 7) is 6.33. The predicted molar refractivity (Wildman–Crippen MR) is 154 cm³/mol. The van der Waals surface area contributed by atoms with E-state index in [1.807, 2.05) is 30.3 Å². The van der Waals surface area contributed by atoms with E-state index in [9.17, 15) is 28.8 Å². The van der Waals surface area contributed by atoms with E-state index in [2.05, 4.69) is 26.1 Å². The number of hydrogen-bond acceptors (Lipinski definition) is 7. The molecular formula is C29H42N6O7. The molecule has 0 aliphatic carbocycles. The van der Waals surface area contributed by atoms with Crippen LogP contribution in [0.25, 0.3) is 5.53 Å². The Morgan fingerprint density at radius 1 is 0.833 bits per heavy atom. The van der Waals surface area contributed by atoms with Gasteiger partial charge in [-0.25, -0.2) is 4.79 Å². The van der Waals surface area contributed by atoms with Crippen molar-refractivity contribution in [2.24, 2.45) is 0 Å². The molecule has 4 amide bonds. The average molecular weight is 587 g/mol. The number of ether oxygens (including phenoxy) is 1. The molecule has 13 nitrogen and oxygen atoms in total. The van der Waals surface area contributed by atoms with Gasteiger partial charge in [0.15, 0.2) is 0 Å². The molecule has 0 aliphatic heterocycles. The largest absolute Gasteiger partial charge is 0.461 e. The number of ketones is 1. The summed E-state index contributed by atoms with van der Waals surface area (Å²) < 4.78 is 5.23. The standard InChI is InChI=1S/C29H42N6O7/c1-19(2)42-29(41)26(16-14-23(38)18-32-30)35-27(39)24(12-8-9-17-31-20(3)36)34-28(40)25(33-21(4)37)15-13-22-10-6-5-7-11-22/h5-7,10-11,18-19,24-26H,8-9,12-17H2,1-4H3,(H,31,36)(H,33,37)(H,34,40)(H,35,39)/t24-,25-,26-/m0/s1. The minimum Gasteiger partial charge on any atom is -0.461 e. The minimum absolute atomic E-state index is 0.128. The summed E-state index contributed by atoms with van der Waals surface area (Å²) in [6.07, 6.45) is 1.80. The number of amides is 4. The average Bonchev–Trinajstić information content (AvgIpc) is 2.92. The van der Waals surface area contributed by atoms with Gasteiger partial charge in [-0.05, 0) is 57.9 Å². The van der Waals surface area contributed by atoms with E-state index in [0.29, 0.717) is 32.0 Å². The normalized spacial score (nSPS) is 12.6. The molecule has 1 aromatic rings. The Kier molecular flexibility index (Phi) is 16.7. The number of benzene rings is 1. The van der Waals surface area contributed by atoms with Crippen molar-refractivity contribution in [2.45, 2.75) is 96.9 Å². The number of carbonyl (C=O) groups excluding carboxylic acids is 6. The zero-order chi connectivity index (χ0) is 31.5. The molecular weight excluding hydrogens is 544 g/mol. The Morgan fingerprint density at radius 3 is 2.02 bits per heavy atom. The van der Waals surface area contributed by atoms with Gasteiger partial charge in [0.25, 0.3) is 0 Å². The lowest BCUT2D eigenvalue weighted by Gasteiger charge is -2.25. The highest BCUT2D eigenvalue weighted by molar-refractivity contribution is 6.25.